The number of esters is 1. The third kappa shape index (κ3) is 5.64. The van der Waals surface area contributed by atoms with E-state index in [4.69, 9.17) is 4.74 Å². The summed E-state index contributed by atoms with van der Waals surface area (Å²) in [4.78, 5) is 27.9. The lowest BCUT2D eigenvalue weighted by Gasteiger charge is -2.04. The summed E-state index contributed by atoms with van der Waals surface area (Å²) in [7, 11) is 1.48. The minimum Gasteiger partial charge on any atom is -0.461 e. The molecule has 0 aliphatic carbocycles. The van der Waals surface area contributed by atoms with Crippen LogP contribution in [-0.4, -0.2) is 37.0 Å². The summed E-state index contributed by atoms with van der Waals surface area (Å²) >= 11 is 0. The first kappa shape index (κ1) is 20.1. The molecule has 0 fully saturated rings. The zero-order valence-electron chi connectivity index (χ0n) is 15.8. The predicted octanol–water partition coefficient (Wildman–Crippen LogP) is 2.90. The molecule has 0 aliphatic heterocycles. The Morgan fingerprint density at radius 1 is 1.04 bits per heavy atom. The molecule has 0 unspecified atom stereocenters. The van der Waals surface area contributed by atoms with E-state index in [1.807, 2.05) is 0 Å². The van der Waals surface area contributed by atoms with Crippen LogP contribution in [0.5, 0.6) is 0 Å². The van der Waals surface area contributed by atoms with Gasteiger partial charge in [-0.25, -0.2) is 19.0 Å². The van der Waals surface area contributed by atoms with E-state index in [-0.39, 0.29) is 11.3 Å². The Morgan fingerprint density at radius 3 is 2.31 bits per heavy atom. The minimum absolute atomic E-state index is 0.0299. The molecule has 2 aromatic heterocycles. The molecule has 8 nitrogen and oxygen atoms in total. The number of carbonyl (C=O) groups is 1. The van der Waals surface area contributed by atoms with Crippen molar-refractivity contribution in [3.05, 3.63) is 22.5 Å². The molecule has 0 radical (unpaired) electrons. The van der Waals surface area contributed by atoms with E-state index in [0.717, 1.165) is 17.5 Å². The van der Waals surface area contributed by atoms with Crippen molar-refractivity contribution in [2.24, 2.45) is 7.05 Å². The number of aryl methyl sites for hydroxylation is 1. The molecule has 2 aromatic rings. The lowest BCUT2D eigenvalue weighted by molar-refractivity contribution is 0.0493. The maximum Gasteiger partial charge on any atom is 0.360 e. The van der Waals surface area contributed by atoms with E-state index in [1.165, 1.54) is 69.1 Å². The fourth-order valence-corrected chi connectivity index (χ4v) is 2.85. The van der Waals surface area contributed by atoms with Crippen molar-refractivity contribution in [3.63, 3.8) is 0 Å². The highest BCUT2D eigenvalue weighted by Gasteiger charge is 2.18. The van der Waals surface area contributed by atoms with Gasteiger partial charge in [0.2, 0.25) is 0 Å². The van der Waals surface area contributed by atoms with Gasteiger partial charge in [0.15, 0.2) is 11.3 Å². The van der Waals surface area contributed by atoms with Crippen LogP contribution in [0, 0.1) is 0 Å². The van der Waals surface area contributed by atoms with Gasteiger partial charge in [0.25, 0.3) is 0 Å². The van der Waals surface area contributed by atoms with Crippen molar-refractivity contribution in [1.82, 2.24) is 24.4 Å². The van der Waals surface area contributed by atoms with E-state index >= 15 is 0 Å². The molecule has 0 saturated heterocycles. The van der Waals surface area contributed by atoms with E-state index in [2.05, 4.69) is 22.2 Å². The van der Waals surface area contributed by atoms with Gasteiger partial charge in [0, 0.05) is 7.05 Å². The first-order chi connectivity index (χ1) is 12.6. The highest BCUT2D eigenvalue weighted by Crippen LogP contribution is 2.11. The summed E-state index contributed by atoms with van der Waals surface area (Å²) in [5.41, 5.74) is -0.250. The average molecular weight is 363 g/mol. The van der Waals surface area contributed by atoms with Gasteiger partial charge in [-0.1, -0.05) is 69.9 Å². The van der Waals surface area contributed by atoms with Crippen LogP contribution in [0.25, 0.3) is 5.65 Å². The number of hydrogen-bond donors (Lipinski definition) is 0. The van der Waals surface area contributed by atoms with Gasteiger partial charge in [-0.2, -0.15) is 4.68 Å². The van der Waals surface area contributed by atoms with Gasteiger partial charge in [0.05, 0.1) is 6.61 Å². The van der Waals surface area contributed by atoms with Crippen LogP contribution >= 0.6 is 0 Å². The van der Waals surface area contributed by atoms with Crippen LogP contribution in [-0.2, 0) is 11.8 Å². The van der Waals surface area contributed by atoms with E-state index in [9.17, 15) is 9.59 Å². The Labute approximate surface area is 153 Å². The SMILES string of the molecule is CCCCCCCCCCCCOC(=O)c1ncn2c(=O)n(C)nnc12. The second kappa shape index (κ2) is 10.7. The number of fused-ring (bicyclic) bond motifs is 1. The van der Waals surface area contributed by atoms with Crippen molar-refractivity contribution in [1.29, 1.82) is 0 Å². The van der Waals surface area contributed by atoms with E-state index in [1.54, 1.807) is 0 Å². The van der Waals surface area contributed by atoms with Crippen LogP contribution in [0.2, 0.25) is 0 Å². The molecule has 0 amide bonds. The van der Waals surface area contributed by atoms with Crippen molar-refractivity contribution >= 4 is 11.6 Å². The minimum atomic E-state index is -0.564. The summed E-state index contributed by atoms with van der Waals surface area (Å²) in [5.74, 6) is -0.564. The molecular formula is C18H29N5O3. The Kier molecular flexibility index (Phi) is 8.24. The lowest BCUT2D eigenvalue weighted by atomic mass is 10.1. The van der Waals surface area contributed by atoms with Crippen molar-refractivity contribution in [2.45, 2.75) is 71.1 Å². The quantitative estimate of drug-likeness (QED) is 0.425. The number of hydrogen-bond acceptors (Lipinski definition) is 6. The van der Waals surface area contributed by atoms with Gasteiger partial charge in [-0.3, -0.25) is 0 Å². The summed E-state index contributed by atoms with van der Waals surface area (Å²) in [5, 5.41) is 7.51. The first-order valence-electron chi connectivity index (χ1n) is 9.59. The molecular weight excluding hydrogens is 334 g/mol. The van der Waals surface area contributed by atoms with Crippen LogP contribution in [0.1, 0.15) is 81.6 Å². The average Bonchev–Trinajstić information content (AvgIpc) is 3.07. The molecule has 0 saturated carbocycles. The Bertz CT molecular complexity index is 753. The second-order valence-electron chi connectivity index (χ2n) is 6.60. The smallest absolute Gasteiger partial charge is 0.360 e. The monoisotopic (exact) mass is 363 g/mol. The summed E-state index contributed by atoms with van der Waals surface area (Å²) in [6.45, 7) is 2.59. The molecule has 0 aliphatic rings. The highest BCUT2D eigenvalue weighted by atomic mass is 16.5. The maximum atomic E-state index is 12.1. The van der Waals surface area contributed by atoms with Crippen LogP contribution in [0.15, 0.2) is 11.1 Å². The first-order valence-corrected chi connectivity index (χ1v) is 9.59. The number of imidazole rings is 1. The van der Waals surface area contributed by atoms with E-state index in [0.29, 0.717) is 6.61 Å². The lowest BCUT2D eigenvalue weighted by Crippen LogP contribution is -2.27. The highest BCUT2D eigenvalue weighted by molar-refractivity contribution is 5.93. The van der Waals surface area contributed by atoms with Crippen molar-refractivity contribution in [3.8, 4) is 0 Å². The molecule has 2 heterocycles. The number of carbonyl (C=O) groups excluding carboxylic acids is 1. The molecule has 0 aromatic carbocycles. The largest absolute Gasteiger partial charge is 0.461 e. The topological polar surface area (TPSA) is 91.4 Å². The molecule has 26 heavy (non-hydrogen) atoms. The van der Waals surface area contributed by atoms with Gasteiger partial charge >= 0.3 is 11.7 Å². The Hall–Kier alpha value is -2.25. The van der Waals surface area contributed by atoms with Gasteiger partial charge in [-0.05, 0) is 6.42 Å². The number of ether oxygens (including phenoxy) is 1. The molecule has 0 N–H and O–H groups in total. The number of nitrogens with zero attached hydrogens (tertiary/aromatic N) is 5. The molecule has 144 valence electrons. The van der Waals surface area contributed by atoms with Gasteiger partial charge in [0.1, 0.15) is 6.33 Å². The maximum absolute atomic E-state index is 12.1. The van der Waals surface area contributed by atoms with Crippen LogP contribution < -0.4 is 5.69 Å². The van der Waals surface area contributed by atoms with Gasteiger partial charge in [-0.15, -0.1) is 5.10 Å². The normalized spacial score (nSPS) is 11.2. The second-order valence-corrected chi connectivity index (χ2v) is 6.60. The predicted molar refractivity (Wildman–Crippen MR) is 98.1 cm³/mol. The van der Waals surface area contributed by atoms with Crippen molar-refractivity contribution in [2.75, 3.05) is 6.61 Å². The standard InChI is InChI=1S/C18H29N5O3/c1-3-4-5-6-7-8-9-10-11-12-13-26-17(24)15-16-20-21-22(2)18(25)23(16)14-19-15/h14H,3-13H2,1-2H3. The fourth-order valence-electron chi connectivity index (χ4n) is 2.85. The fraction of sp³-hybridized carbons (Fsp3) is 0.722. The summed E-state index contributed by atoms with van der Waals surface area (Å²) < 4.78 is 7.51. The molecule has 0 spiro atoms. The zero-order valence-corrected chi connectivity index (χ0v) is 15.8. The number of unbranched alkanes of at least 4 members (excludes halogenated alkanes) is 9. The molecule has 2 rings (SSSR count). The van der Waals surface area contributed by atoms with Crippen LogP contribution in [0.3, 0.4) is 0 Å². The summed E-state index contributed by atoms with van der Waals surface area (Å²) in [6.07, 6.45) is 13.5. The Morgan fingerprint density at radius 2 is 1.65 bits per heavy atom. The van der Waals surface area contributed by atoms with E-state index < -0.39 is 11.7 Å². The van der Waals surface area contributed by atoms with Crippen LogP contribution in [0.4, 0.5) is 0 Å². The number of aromatic nitrogens is 5. The zero-order chi connectivity index (χ0) is 18.8. The Balaban J connectivity index is 1.63. The summed E-state index contributed by atoms with van der Waals surface area (Å²) in [6, 6.07) is 0. The van der Waals surface area contributed by atoms with Gasteiger partial charge < -0.3 is 4.74 Å². The molecule has 0 atom stereocenters. The third-order valence-electron chi connectivity index (χ3n) is 4.42. The molecule has 0 bridgehead atoms. The van der Waals surface area contributed by atoms with Crippen molar-refractivity contribution < 1.29 is 9.53 Å². The molecule has 8 heteroatoms. The number of rotatable bonds is 12. The third-order valence-corrected chi connectivity index (χ3v) is 4.42.